The van der Waals surface area contributed by atoms with Crippen molar-refractivity contribution >= 4 is 17.5 Å². The fraction of sp³-hybridized carbons (Fsp3) is 0.333. The van der Waals surface area contributed by atoms with Gasteiger partial charge in [-0.15, -0.1) is 0 Å². The maximum Gasteiger partial charge on any atom is 0.253 e. The van der Waals surface area contributed by atoms with E-state index < -0.39 is 0 Å². The smallest absolute Gasteiger partial charge is 0.253 e. The van der Waals surface area contributed by atoms with E-state index in [4.69, 9.17) is 0 Å². The van der Waals surface area contributed by atoms with Gasteiger partial charge in [-0.3, -0.25) is 9.59 Å². The molecule has 142 valence electrons. The number of hydrogen-bond acceptors (Lipinski definition) is 3. The number of carbonyl (C=O) groups is 2. The molecule has 1 heterocycles. The van der Waals surface area contributed by atoms with Gasteiger partial charge in [-0.2, -0.15) is 0 Å². The number of nitrogens with zero attached hydrogens (tertiary/aromatic N) is 3. The van der Waals surface area contributed by atoms with Crippen LogP contribution in [0.2, 0.25) is 0 Å². The Morgan fingerprint density at radius 1 is 0.963 bits per heavy atom. The molecule has 6 heteroatoms. The van der Waals surface area contributed by atoms with Gasteiger partial charge in [0.25, 0.3) is 5.91 Å². The number of anilines is 1. The molecular formula is C21H24FN3O2. The highest BCUT2D eigenvalue weighted by atomic mass is 19.1. The Bertz CT molecular complexity index is 812. The van der Waals surface area contributed by atoms with Gasteiger partial charge in [-0.25, -0.2) is 4.39 Å². The second-order valence-corrected chi connectivity index (χ2v) is 6.92. The zero-order valence-electron chi connectivity index (χ0n) is 15.7. The molecule has 3 rings (SSSR count). The van der Waals surface area contributed by atoms with Crippen LogP contribution in [-0.4, -0.2) is 61.9 Å². The van der Waals surface area contributed by atoms with Crippen molar-refractivity contribution in [1.29, 1.82) is 0 Å². The van der Waals surface area contributed by atoms with Crippen molar-refractivity contribution in [2.75, 3.05) is 45.2 Å². The van der Waals surface area contributed by atoms with E-state index in [0.29, 0.717) is 37.3 Å². The van der Waals surface area contributed by atoms with Crippen molar-refractivity contribution < 1.29 is 14.0 Å². The van der Waals surface area contributed by atoms with Gasteiger partial charge in [0.2, 0.25) is 5.91 Å². The van der Waals surface area contributed by atoms with Crippen LogP contribution >= 0.6 is 0 Å². The fourth-order valence-corrected chi connectivity index (χ4v) is 3.18. The second-order valence-electron chi connectivity index (χ2n) is 6.92. The second kappa shape index (κ2) is 8.20. The summed E-state index contributed by atoms with van der Waals surface area (Å²) < 4.78 is 13.3. The Labute approximate surface area is 159 Å². The average Bonchev–Trinajstić information content (AvgIpc) is 2.67. The number of benzene rings is 2. The predicted molar refractivity (Wildman–Crippen MR) is 103 cm³/mol. The quantitative estimate of drug-likeness (QED) is 0.831. The third-order valence-electron chi connectivity index (χ3n) is 4.79. The zero-order chi connectivity index (χ0) is 19.4. The highest BCUT2D eigenvalue weighted by Crippen LogP contribution is 2.15. The highest BCUT2D eigenvalue weighted by molar-refractivity contribution is 5.94. The number of halogens is 1. The lowest BCUT2D eigenvalue weighted by Crippen LogP contribution is -2.51. The van der Waals surface area contributed by atoms with Crippen molar-refractivity contribution in [3.63, 3.8) is 0 Å². The molecule has 1 fully saturated rings. The molecule has 2 aromatic rings. The third-order valence-corrected chi connectivity index (χ3v) is 4.79. The Balaban J connectivity index is 1.54. The summed E-state index contributed by atoms with van der Waals surface area (Å²) in [6.07, 6.45) is 0.178. The van der Waals surface area contributed by atoms with E-state index in [1.165, 1.54) is 12.1 Å². The maximum atomic E-state index is 13.3. The van der Waals surface area contributed by atoms with Crippen LogP contribution in [0.5, 0.6) is 0 Å². The van der Waals surface area contributed by atoms with Crippen LogP contribution in [0.4, 0.5) is 10.1 Å². The summed E-state index contributed by atoms with van der Waals surface area (Å²) in [6, 6.07) is 13.6. The Kier molecular flexibility index (Phi) is 5.74. The fourth-order valence-electron chi connectivity index (χ4n) is 3.18. The number of rotatable bonds is 4. The van der Waals surface area contributed by atoms with Gasteiger partial charge >= 0.3 is 0 Å². The van der Waals surface area contributed by atoms with Crippen LogP contribution in [-0.2, 0) is 11.2 Å². The molecular weight excluding hydrogens is 345 g/mol. The van der Waals surface area contributed by atoms with E-state index in [-0.39, 0.29) is 24.1 Å². The lowest BCUT2D eigenvalue weighted by atomic mass is 10.1. The SMILES string of the molecule is CN(C)c1ccc(C(=O)N2CCN(C(=O)Cc3cccc(F)c3)CC2)cc1. The number of piperazine rings is 1. The Morgan fingerprint density at radius 3 is 2.19 bits per heavy atom. The Hall–Kier alpha value is -2.89. The first-order valence-electron chi connectivity index (χ1n) is 9.03. The molecule has 27 heavy (non-hydrogen) atoms. The molecule has 2 aromatic carbocycles. The van der Waals surface area contributed by atoms with Crippen molar-refractivity contribution in [3.8, 4) is 0 Å². The maximum absolute atomic E-state index is 13.3. The molecule has 0 atom stereocenters. The lowest BCUT2D eigenvalue weighted by Gasteiger charge is -2.35. The Morgan fingerprint density at radius 2 is 1.59 bits per heavy atom. The molecule has 0 bridgehead atoms. The number of carbonyl (C=O) groups excluding carboxylic acids is 2. The standard InChI is InChI=1S/C21H24FN3O2/c1-23(2)19-8-6-17(7-9-19)21(27)25-12-10-24(11-13-25)20(26)15-16-4-3-5-18(22)14-16/h3-9,14H,10-13,15H2,1-2H3. The number of amides is 2. The molecule has 1 saturated heterocycles. The molecule has 0 saturated carbocycles. The monoisotopic (exact) mass is 369 g/mol. The van der Waals surface area contributed by atoms with Gasteiger partial charge < -0.3 is 14.7 Å². The molecule has 5 nitrogen and oxygen atoms in total. The van der Waals surface area contributed by atoms with Crippen LogP contribution in [0.25, 0.3) is 0 Å². The van der Waals surface area contributed by atoms with Gasteiger partial charge in [-0.05, 0) is 42.0 Å². The first kappa shape index (κ1) is 18.9. The van der Waals surface area contributed by atoms with Crippen molar-refractivity contribution in [3.05, 3.63) is 65.5 Å². The number of hydrogen-bond donors (Lipinski definition) is 0. The van der Waals surface area contributed by atoms with Crippen LogP contribution in [0, 0.1) is 5.82 Å². The molecule has 0 unspecified atom stereocenters. The summed E-state index contributed by atoms with van der Waals surface area (Å²) >= 11 is 0. The molecule has 1 aliphatic heterocycles. The summed E-state index contributed by atoms with van der Waals surface area (Å²) in [5.41, 5.74) is 2.36. The van der Waals surface area contributed by atoms with Gasteiger partial charge in [0.15, 0.2) is 0 Å². The molecule has 0 N–H and O–H groups in total. The zero-order valence-corrected chi connectivity index (χ0v) is 15.7. The van der Waals surface area contributed by atoms with Gasteiger partial charge in [0.1, 0.15) is 5.82 Å². The molecule has 2 amide bonds. The largest absolute Gasteiger partial charge is 0.378 e. The van der Waals surface area contributed by atoms with E-state index >= 15 is 0 Å². The summed E-state index contributed by atoms with van der Waals surface area (Å²) in [5.74, 6) is -0.392. The summed E-state index contributed by atoms with van der Waals surface area (Å²) in [4.78, 5) is 30.6. The van der Waals surface area contributed by atoms with Crippen molar-refractivity contribution in [1.82, 2.24) is 9.80 Å². The van der Waals surface area contributed by atoms with E-state index in [2.05, 4.69) is 0 Å². The molecule has 0 spiro atoms. The van der Waals surface area contributed by atoms with Crippen LogP contribution in [0.1, 0.15) is 15.9 Å². The van der Waals surface area contributed by atoms with Crippen molar-refractivity contribution in [2.24, 2.45) is 0 Å². The predicted octanol–water partition coefficient (Wildman–Crippen LogP) is 2.42. The first-order valence-corrected chi connectivity index (χ1v) is 9.03. The third kappa shape index (κ3) is 4.64. The van der Waals surface area contributed by atoms with Crippen LogP contribution < -0.4 is 4.90 Å². The minimum Gasteiger partial charge on any atom is -0.378 e. The average molecular weight is 369 g/mol. The van der Waals surface area contributed by atoms with E-state index in [1.54, 1.807) is 21.9 Å². The molecule has 0 radical (unpaired) electrons. The summed E-state index contributed by atoms with van der Waals surface area (Å²) in [6.45, 7) is 2.00. The van der Waals surface area contributed by atoms with Gasteiger partial charge in [-0.1, -0.05) is 12.1 Å². The minimum absolute atomic E-state index is 0.0162. The first-order chi connectivity index (χ1) is 12.9. The summed E-state index contributed by atoms with van der Waals surface area (Å²) in [5, 5.41) is 0. The lowest BCUT2D eigenvalue weighted by molar-refractivity contribution is -0.131. The van der Waals surface area contributed by atoms with E-state index in [1.807, 2.05) is 43.3 Å². The van der Waals surface area contributed by atoms with Gasteiger partial charge in [0, 0.05) is 51.5 Å². The van der Waals surface area contributed by atoms with E-state index in [0.717, 1.165) is 5.69 Å². The van der Waals surface area contributed by atoms with E-state index in [9.17, 15) is 14.0 Å². The van der Waals surface area contributed by atoms with Crippen LogP contribution in [0.3, 0.4) is 0 Å². The summed E-state index contributed by atoms with van der Waals surface area (Å²) in [7, 11) is 3.91. The van der Waals surface area contributed by atoms with Crippen molar-refractivity contribution in [2.45, 2.75) is 6.42 Å². The minimum atomic E-state index is -0.337. The molecule has 0 aromatic heterocycles. The molecule has 1 aliphatic rings. The normalized spacial score (nSPS) is 14.2. The highest BCUT2D eigenvalue weighted by Gasteiger charge is 2.25. The molecule has 0 aliphatic carbocycles. The topological polar surface area (TPSA) is 43.9 Å². The van der Waals surface area contributed by atoms with Gasteiger partial charge in [0.05, 0.1) is 6.42 Å². The van der Waals surface area contributed by atoms with Crippen LogP contribution in [0.15, 0.2) is 48.5 Å².